The SMILES string of the molecule is C#CC(C)NC(=O)c1ccccc1C(F)(F)F. The van der Waals surface area contributed by atoms with Crippen molar-refractivity contribution in [3.05, 3.63) is 35.4 Å². The summed E-state index contributed by atoms with van der Waals surface area (Å²) in [6, 6.07) is 3.94. The second kappa shape index (κ2) is 4.91. The van der Waals surface area contributed by atoms with E-state index in [4.69, 9.17) is 6.42 Å². The normalized spacial score (nSPS) is 12.6. The van der Waals surface area contributed by atoms with Gasteiger partial charge in [-0.05, 0) is 19.1 Å². The van der Waals surface area contributed by atoms with Crippen LogP contribution in [0.2, 0.25) is 0 Å². The molecule has 0 saturated heterocycles. The molecule has 90 valence electrons. The minimum atomic E-state index is -4.56. The molecule has 1 aromatic carbocycles. The lowest BCUT2D eigenvalue weighted by Crippen LogP contribution is -2.32. The number of alkyl halides is 3. The number of carbonyl (C=O) groups excluding carboxylic acids is 1. The lowest BCUT2D eigenvalue weighted by Gasteiger charge is -2.13. The van der Waals surface area contributed by atoms with Gasteiger partial charge in [0.15, 0.2) is 0 Å². The standard InChI is InChI=1S/C12H10F3NO/c1-3-8(2)16-11(17)9-6-4-5-7-10(9)12(13,14)15/h1,4-8H,2H3,(H,16,17). The van der Waals surface area contributed by atoms with E-state index in [1.54, 1.807) is 0 Å². The van der Waals surface area contributed by atoms with E-state index in [-0.39, 0.29) is 0 Å². The van der Waals surface area contributed by atoms with E-state index in [9.17, 15) is 18.0 Å². The fraction of sp³-hybridized carbons (Fsp3) is 0.250. The molecule has 0 aliphatic rings. The molecule has 0 saturated carbocycles. The lowest BCUT2D eigenvalue weighted by atomic mass is 10.1. The molecule has 0 heterocycles. The second-order valence-electron chi connectivity index (χ2n) is 3.41. The Labute approximate surface area is 96.8 Å². The van der Waals surface area contributed by atoms with Gasteiger partial charge in [-0.15, -0.1) is 6.42 Å². The number of amides is 1. The number of nitrogens with one attached hydrogen (secondary N) is 1. The van der Waals surface area contributed by atoms with Crippen molar-refractivity contribution >= 4 is 5.91 Å². The summed E-state index contributed by atoms with van der Waals surface area (Å²) in [6.45, 7) is 1.51. The molecule has 17 heavy (non-hydrogen) atoms. The van der Waals surface area contributed by atoms with E-state index >= 15 is 0 Å². The topological polar surface area (TPSA) is 29.1 Å². The molecule has 0 aliphatic heterocycles. The van der Waals surface area contributed by atoms with Gasteiger partial charge < -0.3 is 5.32 Å². The fourth-order valence-corrected chi connectivity index (χ4v) is 1.24. The molecule has 0 aliphatic carbocycles. The first-order valence-electron chi connectivity index (χ1n) is 4.79. The Balaban J connectivity index is 3.07. The molecule has 2 nitrogen and oxygen atoms in total. The highest BCUT2D eigenvalue weighted by atomic mass is 19.4. The average molecular weight is 241 g/mol. The number of terminal acetylenes is 1. The second-order valence-corrected chi connectivity index (χ2v) is 3.41. The summed E-state index contributed by atoms with van der Waals surface area (Å²) >= 11 is 0. The van der Waals surface area contributed by atoms with Crippen LogP contribution >= 0.6 is 0 Å². The molecular weight excluding hydrogens is 231 g/mol. The molecule has 0 fully saturated rings. The van der Waals surface area contributed by atoms with Crippen LogP contribution in [-0.2, 0) is 6.18 Å². The summed E-state index contributed by atoms with van der Waals surface area (Å²) < 4.78 is 37.8. The number of rotatable bonds is 2. The van der Waals surface area contributed by atoms with Crippen LogP contribution in [0.1, 0.15) is 22.8 Å². The summed E-state index contributed by atoms with van der Waals surface area (Å²) in [5.74, 6) is 1.38. The van der Waals surface area contributed by atoms with Crippen molar-refractivity contribution in [2.24, 2.45) is 0 Å². The maximum absolute atomic E-state index is 12.6. The van der Waals surface area contributed by atoms with Gasteiger partial charge in [0.1, 0.15) is 0 Å². The van der Waals surface area contributed by atoms with Gasteiger partial charge in [0.2, 0.25) is 0 Å². The smallest absolute Gasteiger partial charge is 0.339 e. The Morgan fingerprint density at radius 1 is 1.41 bits per heavy atom. The van der Waals surface area contributed by atoms with Gasteiger partial charge >= 0.3 is 6.18 Å². The van der Waals surface area contributed by atoms with Crippen molar-refractivity contribution in [2.75, 3.05) is 0 Å². The van der Waals surface area contributed by atoms with Crippen molar-refractivity contribution in [1.82, 2.24) is 5.32 Å². The van der Waals surface area contributed by atoms with E-state index < -0.39 is 29.3 Å². The van der Waals surface area contributed by atoms with Crippen molar-refractivity contribution in [3.63, 3.8) is 0 Å². The van der Waals surface area contributed by atoms with E-state index in [0.29, 0.717) is 0 Å². The fourth-order valence-electron chi connectivity index (χ4n) is 1.24. The minimum Gasteiger partial charge on any atom is -0.339 e. The van der Waals surface area contributed by atoms with Crippen LogP contribution in [0, 0.1) is 12.3 Å². The van der Waals surface area contributed by atoms with Gasteiger partial charge in [0, 0.05) is 0 Å². The predicted octanol–water partition coefficient (Wildman–Crippen LogP) is 2.46. The van der Waals surface area contributed by atoms with Crippen molar-refractivity contribution in [3.8, 4) is 12.3 Å². The molecule has 0 aromatic heterocycles. The molecule has 1 unspecified atom stereocenters. The summed E-state index contributed by atoms with van der Waals surface area (Å²) in [5.41, 5.74) is -1.40. The van der Waals surface area contributed by atoms with Crippen LogP contribution in [0.4, 0.5) is 13.2 Å². The zero-order valence-electron chi connectivity index (χ0n) is 9.01. The van der Waals surface area contributed by atoms with Crippen LogP contribution in [0.15, 0.2) is 24.3 Å². The summed E-state index contributed by atoms with van der Waals surface area (Å²) in [5, 5.41) is 2.28. The van der Waals surface area contributed by atoms with Crippen LogP contribution in [0.5, 0.6) is 0 Å². The maximum Gasteiger partial charge on any atom is 0.417 e. The third-order valence-corrected chi connectivity index (χ3v) is 2.07. The van der Waals surface area contributed by atoms with E-state index in [0.717, 1.165) is 12.1 Å². The number of hydrogen-bond acceptors (Lipinski definition) is 1. The minimum absolute atomic E-state index is 0.429. The Kier molecular flexibility index (Phi) is 3.79. The van der Waals surface area contributed by atoms with Gasteiger partial charge in [0.05, 0.1) is 17.2 Å². The first kappa shape index (κ1) is 13.1. The number of carbonyl (C=O) groups is 1. The van der Waals surface area contributed by atoms with Crippen molar-refractivity contribution < 1.29 is 18.0 Å². The van der Waals surface area contributed by atoms with E-state index in [1.165, 1.54) is 19.1 Å². The van der Waals surface area contributed by atoms with E-state index in [2.05, 4.69) is 11.2 Å². The van der Waals surface area contributed by atoms with Gasteiger partial charge in [0.25, 0.3) is 5.91 Å². The molecule has 1 aromatic rings. The molecule has 1 amide bonds. The first-order valence-corrected chi connectivity index (χ1v) is 4.79. The molecule has 0 spiro atoms. The largest absolute Gasteiger partial charge is 0.417 e. The summed E-state index contributed by atoms with van der Waals surface area (Å²) in [6.07, 6.45) is 0.473. The molecule has 5 heteroatoms. The summed E-state index contributed by atoms with van der Waals surface area (Å²) in [4.78, 5) is 11.6. The molecule has 0 bridgehead atoms. The average Bonchev–Trinajstić information content (AvgIpc) is 2.27. The Morgan fingerprint density at radius 2 is 2.00 bits per heavy atom. The van der Waals surface area contributed by atoms with Crippen LogP contribution in [-0.4, -0.2) is 11.9 Å². The maximum atomic E-state index is 12.6. The third-order valence-electron chi connectivity index (χ3n) is 2.07. The monoisotopic (exact) mass is 241 g/mol. The van der Waals surface area contributed by atoms with E-state index in [1.807, 2.05) is 0 Å². The van der Waals surface area contributed by atoms with Gasteiger partial charge in [-0.2, -0.15) is 13.2 Å². The Morgan fingerprint density at radius 3 is 2.53 bits per heavy atom. The molecule has 1 N–H and O–H groups in total. The lowest BCUT2D eigenvalue weighted by molar-refractivity contribution is -0.137. The molecule has 1 atom stereocenters. The third kappa shape index (κ3) is 3.25. The van der Waals surface area contributed by atoms with Gasteiger partial charge in [-0.25, -0.2) is 0 Å². The Bertz CT molecular complexity index is 460. The van der Waals surface area contributed by atoms with Crippen LogP contribution < -0.4 is 5.32 Å². The highest BCUT2D eigenvalue weighted by Gasteiger charge is 2.34. The zero-order valence-corrected chi connectivity index (χ0v) is 9.01. The number of halogens is 3. The van der Waals surface area contributed by atoms with Crippen LogP contribution in [0.25, 0.3) is 0 Å². The Hall–Kier alpha value is -1.96. The van der Waals surface area contributed by atoms with Crippen LogP contribution in [0.3, 0.4) is 0 Å². The predicted molar refractivity (Wildman–Crippen MR) is 57.2 cm³/mol. The summed E-state index contributed by atoms with van der Waals surface area (Å²) in [7, 11) is 0. The van der Waals surface area contributed by atoms with Crippen molar-refractivity contribution in [2.45, 2.75) is 19.1 Å². The number of benzene rings is 1. The molecule has 0 radical (unpaired) electrons. The highest BCUT2D eigenvalue weighted by Crippen LogP contribution is 2.31. The molecular formula is C12H10F3NO. The highest BCUT2D eigenvalue weighted by molar-refractivity contribution is 5.96. The van der Waals surface area contributed by atoms with Gasteiger partial charge in [-0.3, -0.25) is 4.79 Å². The van der Waals surface area contributed by atoms with Gasteiger partial charge in [-0.1, -0.05) is 18.1 Å². The first-order chi connectivity index (χ1) is 7.86. The van der Waals surface area contributed by atoms with Crippen molar-refractivity contribution in [1.29, 1.82) is 0 Å². The zero-order chi connectivity index (χ0) is 13.1. The molecule has 1 rings (SSSR count). The number of hydrogen-bond donors (Lipinski definition) is 1. The quantitative estimate of drug-likeness (QED) is 0.792.